The number of benzene rings is 17. The average Bonchev–Trinajstić information content (AvgIpc) is 0.783. The van der Waals surface area contributed by atoms with Crippen LogP contribution in [0.25, 0.3) is 175 Å². The van der Waals surface area contributed by atoms with E-state index in [1.165, 1.54) is 197 Å². The zero-order chi connectivity index (χ0) is 59.0. The third-order valence-electron chi connectivity index (χ3n) is 20.3. The molecule has 2 aliphatic carbocycles. The Morgan fingerprint density at radius 2 is 0.222 bits per heavy atom. The molecule has 0 radical (unpaired) electrons. The third kappa shape index (κ3) is 7.55. The van der Waals surface area contributed by atoms with E-state index in [-0.39, 0.29) is 0 Å². The van der Waals surface area contributed by atoms with Crippen molar-refractivity contribution < 1.29 is 0 Å². The highest BCUT2D eigenvalue weighted by Crippen LogP contribution is 2.49. The van der Waals surface area contributed by atoms with Crippen LogP contribution in [0.15, 0.2) is 315 Å². The van der Waals surface area contributed by atoms with Gasteiger partial charge in [-0.15, -0.1) is 0 Å². The van der Waals surface area contributed by atoms with Gasteiger partial charge in [0.05, 0.1) is 0 Å². The van der Waals surface area contributed by atoms with Gasteiger partial charge in [-0.2, -0.15) is 0 Å². The first-order valence-electron chi connectivity index (χ1n) is 31.7. The van der Waals surface area contributed by atoms with Crippen molar-refractivity contribution in [3.05, 3.63) is 337 Å². The second-order valence-electron chi connectivity index (χ2n) is 24.7. The first kappa shape index (κ1) is 50.7. The highest BCUT2D eigenvalue weighted by Gasteiger charge is 2.24. The molecule has 0 amide bonds. The Bertz CT molecular complexity index is 5720. The first-order chi connectivity index (χ1) is 44.7. The summed E-state index contributed by atoms with van der Waals surface area (Å²) >= 11 is 0. The molecule has 0 nitrogen and oxygen atoms in total. The fourth-order valence-corrected chi connectivity index (χ4v) is 16.3. The summed E-state index contributed by atoms with van der Waals surface area (Å²) in [6, 6.07) is 120. The van der Waals surface area contributed by atoms with Crippen molar-refractivity contribution in [1.29, 1.82) is 0 Å². The van der Waals surface area contributed by atoms with Crippen LogP contribution in [0, 0.1) is 0 Å². The monoisotopic (exact) mass is 1140 g/mol. The minimum Gasteiger partial charge on any atom is -0.0616 e. The van der Waals surface area contributed by atoms with Crippen LogP contribution >= 0.6 is 0 Å². The number of hydrogen-bond donors (Lipinski definition) is 0. The van der Waals surface area contributed by atoms with E-state index in [0.29, 0.717) is 0 Å². The van der Waals surface area contributed by atoms with Gasteiger partial charge in [-0.1, -0.05) is 315 Å². The molecular weight excluding hydrogens is 1080 g/mol. The minimum absolute atomic E-state index is 0.933. The zero-order valence-electron chi connectivity index (χ0n) is 49.4. The molecule has 0 heteroatoms. The predicted molar refractivity (Wildman–Crippen MR) is 384 cm³/mol. The first-order valence-corrected chi connectivity index (χ1v) is 31.7. The highest BCUT2D eigenvalue weighted by atomic mass is 14.3. The van der Waals surface area contributed by atoms with Gasteiger partial charge in [-0.05, 0) is 210 Å². The molecule has 17 aromatic carbocycles. The lowest BCUT2D eigenvalue weighted by atomic mass is 9.81. The molecule has 0 spiro atoms. The van der Waals surface area contributed by atoms with E-state index in [0.717, 1.165) is 12.8 Å². The van der Waals surface area contributed by atoms with E-state index in [4.69, 9.17) is 0 Å². The van der Waals surface area contributed by atoms with Gasteiger partial charge < -0.3 is 0 Å². The average molecular weight is 1140 g/mol. The van der Waals surface area contributed by atoms with Gasteiger partial charge in [-0.25, -0.2) is 0 Å². The summed E-state index contributed by atoms with van der Waals surface area (Å²) in [6.45, 7) is 0. The normalized spacial score (nSPS) is 12.8. The van der Waals surface area contributed by atoms with E-state index in [2.05, 4.69) is 315 Å². The van der Waals surface area contributed by atoms with Crippen molar-refractivity contribution in [3.63, 3.8) is 0 Å². The van der Waals surface area contributed by atoms with Crippen LogP contribution in [0.1, 0.15) is 24.0 Å². The third-order valence-corrected chi connectivity index (χ3v) is 20.3. The van der Waals surface area contributed by atoms with Crippen molar-refractivity contribution in [2.75, 3.05) is 0 Å². The molecule has 18 bridgehead atoms. The van der Waals surface area contributed by atoms with Crippen LogP contribution in [0.4, 0.5) is 0 Å². The van der Waals surface area contributed by atoms with E-state index < -0.39 is 0 Å². The Morgan fingerprint density at radius 1 is 0.111 bits per heavy atom. The number of fused-ring (bicyclic) bond motifs is 9. The van der Waals surface area contributed by atoms with Gasteiger partial charge in [0.1, 0.15) is 0 Å². The maximum atomic E-state index is 2.42. The Labute approximate surface area is 521 Å². The Balaban J connectivity index is 0.877. The quantitative estimate of drug-likeness (QED) is 0.142. The molecule has 0 atom stereocenters. The van der Waals surface area contributed by atoms with Gasteiger partial charge in [0, 0.05) is 0 Å². The molecule has 0 heterocycles. The van der Waals surface area contributed by atoms with E-state index in [9.17, 15) is 0 Å². The van der Waals surface area contributed by atoms with Crippen LogP contribution in [-0.4, -0.2) is 0 Å². The predicted octanol–water partition coefficient (Wildman–Crippen LogP) is 23.1. The lowest BCUT2D eigenvalue weighted by Gasteiger charge is -2.22. The highest BCUT2D eigenvalue weighted by molar-refractivity contribution is 6.20. The van der Waals surface area contributed by atoms with Crippen molar-refractivity contribution >= 4 is 97.3 Å². The lowest BCUT2D eigenvalue weighted by molar-refractivity contribution is 1.05. The van der Waals surface area contributed by atoms with E-state index in [1.54, 1.807) is 0 Å². The molecule has 0 aromatic heterocycles. The molecule has 0 fully saturated rings. The summed E-state index contributed by atoms with van der Waals surface area (Å²) in [5.41, 5.74) is 22.7. The van der Waals surface area contributed by atoms with Crippen molar-refractivity contribution in [1.82, 2.24) is 0 Å². The molecule has 2 aliphatic rings. The Hall–Kier alpha value is -11.4. The number of rotatable bonds is 0. The topological polar surface area (TPSA) is 0 Å². The molecule has 17 aromatic rings. The summed E-state index contributed by atoms with van der Waals surface area (Å²) in [6.07, 6.45) is 1.87. The van der Waals surface area contributed by atoms with Gasteiger partial charge in [0.25, 0.3) is 0 Å². The van der Waals surface area contributed by atoms with Gasteiger partial charge in [0.15, 0.2) is 0 Å². The Morgan fingerprint density at radius 3 is 0.367 bits per heavy atom. The molecule has 0 aliphatic heterocycles. The fraction of sp³-hybridized carbons (Fsp3) is 0.0222. The van der Waals surface area contributed by atoms with E-state index >= 15 is 0 Å². The van der Waals surface area contributed by atoms with Gasteiger partial charge in [-0.3, -0.25) is 0 Å². The van der Waals surface area contributed by atoms with Crippen LogP contribution in [0.5, 0.6) is 0 Å². The van der Waals surface area contributed by atoms with Crippen molar-refractivity contribution in [3.8, 4) is 77.9 Å². The standard InChI is InChI=1S/C90H56/c1-2-20-56-55(19-1)73-37-38-74(56)76-41-42-78(60-24-6-5-23-59(60)76)80-45-46-82(64-28-10-9-27-63(64)80)84-49-50-86(68-32-14-13-31-67(68)84)88-53-54-90(72-36-18-17-35-71(72)88)89-52-51-87(69-33-15-16-34-70(69)89)85-48-47-83(65-29-11-12-30-66(65)85)81-44-43-79(61-25-7-8-26-62(61)81)77-40-39-75(73)57-21-3-4-22-58(57)77/h1-52H,53-54H2. The lowest BCUT2D eigenvalue weighted by Crippen LogP contribution is -2.32. The SMILES string of the molecule is c1ccc2c(c1)=C1CCC=2c2ccc(c3ccccc23)-c2ccc(c3ccccc23)-c2ccc(c3ccccc23)-c2ccc(c3ccccc23)-c2ccc(c3ccccc23)-c2ccc(c3ccccc23)-c2ccc(c3ccccc23)-c2ccc1c1ccccc21. The van der Waals surface area contributed by atoms with Crippen molar-refractivity contribution in [2.45, 2.75) is 12.8 Å². The summed E-state index contributed by atoms with van der Waals surface area (Å²) in [7, 11) is 0. The van der Waals surface area contributed by atoms with Gasteiger partial charge in [0.2, 0.25) is 0 Å². The maximum absolute atomic E-state index is 2.42. The molecule has 0 saturated carbocycles. The zero-order valence-corrected chi connectivity index (χ0v) is 49.4. The molecule has 19 rings (SSSR count). The van der Waals surface area contributed by atoms with Crippen LogP contribution < -0.4 is 10.4 Å². The molecule has 0 N–H and O–H groups in total. The smallest absolute Gasteiger partial charge is 0.00987 e. The maximum Gasteiger partial charge on any atom is -0.00987 e. The largest absolute Gasteiger partial charge is 0.0616 e. The summed E-state index contributed by atoms with van der Waals surface area (Å²) in [4.78, 5) is 0. The Kier molecular flexibility index (Phi) is 11.3. The summed E-state index contributed by atoms with van der Waals surface area (Å²) < 4.78 is 0. The molecule has 0 unspecified atom stereocenters. The van der Waals surface area contributed by atoms with Crippen LogP contribution in [0.2, 0.25) is 0 Å². The fourth-order valence-electron chi connectivity index (χ4n) is 16.3. The summed E-state index contributed by atoms with van der Waals surface area (Å²) in [5, 5.41) is 22.6. The molecule has 90 heavy (non-hydrogen) atoms. The second kappa shape index (κ2) is 20.1. The number of hydrogen-bond acceptors (Lipinski definition) is 0. The molecule has 416 valence electrons. The summed E-state index contributed by atoms with van der Waals surface area (Å²) in [5.74, 6) is 0. The van der Waals surface area contributed by atoms with Crippen LogP contribution in [0.3, 0.4) is 0 Å². The minimum atomic E-state index is 0.933. The van der Waals surface area contributed by atoms with Crippen molar-refractivity contribution in [2.24, 2.45) is 0 Å². The van der Waals surface area contributed by atoms with Crippen LogP contribution in [-0.2, 0) is 0 Å². The van der Waals surface area contributed by atoms with Gasteiger partial charge >= 0.3 is 0 Å². The van der Waals surface area contributed by atoms with E-state index in [1.807, 2.05) is 0 Å². The second-order valence-corrected chi connectivity index (χ2v) is 24.7. The molecule has 0 saturated heterocycles. The molecular formula is C90H56.